The van der Waals surface area contributed by atoms with Crippen LogP contribution in [0.25, 0.3) is 0 Å². The molecule has 0 rings (SSSR count). The maximum Gasteiger partial charge on any atom is 0.163 e. The molecule has 8 heavy (non-hydrogen) atoms. The summed E-state index contributed by atoms with van der Waals surface area (Å²) in [6.07, 6.45) is 0.692. The molecule has 0 atom stereocenters. The van der Waals surface area contributed by atoms with Crippen molar-refractivity contribution in [2.24, 2.45) is 5.73 Å². The van der Waals surface area contributed by atoms with Crippen molar-refractivity contribution in [2.75, 3.05) is 13.2 Å². The fourth-order valence-electron chi connectivity index (χ4n) is 0.291. The largest absolute Gasteiger partial charge is 0.396 e. The summed E-state index contributed by atoms with van der Waals surface area (Å²) < 4.78 is 0. The zero-order valence-corrected chi connectivity index (χ0v) is 5.37. The number of aliphatic hydroxyl groups excluding tert-OH is 1. The van der Waals surface area contributed by atoms with Crippen molar-refractivity contribution in [3.05, 3.63) is 0 Å². The van der Waals surface area contributed by atoms with Crippen LogP contribution >= 0.6 is 12.2 Å². The highest BCUT2D eigenvalue weighted by Gasteiger charge is 1.83. The molecule has 0 amide bonds. The Bertz CT molecular complexity index is 76.4. The van der Waals surface area contributed by atoms with Crippen LogP contribution in [-0.4, -0.2) is 23.4 Å². The highest BCUT2D eigenvalue weighted by molar-refractivity contribution is 7.80. The van der Waals surface area contributed by atoms with Gasteiger partial charge in [0.25, 0.3) is 0 Å². The molecule has 0 aromatic rings. The Morgan fingerprint density at radius 2 is 2.38 bits per heavy atom. The van der Waals surface area contributed by atoms with Gasteiger partial charge in [0, 0.05) is 13.2 Å². The molecule has 0 aliphatic rings. The summed E-state index contributed by atoms with van der Waals surface area (Å²) in [5.74, 6) is 0. The maximum absolute atomic E-state index is 8.26. The lowest BCUT2D eigenvalue weighted by Gasteiger charge is -1.98. The van der Waals surface area contributed by atoms with Crippen molar-refractivity contribution in [3.63, 3.8) is 0 Å². The van der Waals surface area contributed by atoms with Crippen LogP contribution in [0.15, 0.2) is 0 Å². The van der Waals surface area contributed by atoms with Crippen LogP contribution < -0.4 is 11.1 Å². The molecular formula is C4H10N2OS. The highest BCUT2D eigenvalue weighted by Crippen LogP contribution is 1.69. The van der Waals surface area contributed by atoms with Crippen molar-refractivity contribution in [2.45, 2.75) is 6.42 Å². The average Bonchev–Trinajstić information content (AvgIpc) is 1.66. The molecule has 0 radical (unpaired) electrons. The fourth-order valence-corrected chi connectivity index (χ4v) is 0.393. The van der Waals surface area contributed by atoms with Crippen molar-refractivity contribution in [3.8, 4) is 0 Å². The van der Waals surface area contributed by atoms with E-state index < -0.39 is 0 Å². The Morgan fingerprint density at radius 3 is 2.75 bits per heavy atom. The lowest BCUT2D eigenvalue weighted by molar-refractivity contribution is 0.289. The molecule has 0 aromatic carbocycles. The third-order valence-electron chi connectivity index (χ3n) is 0.634. The van der Waals surface area contributed by atoms with E-state index in [0.717, 1.165) is 0 Å². The molecule has 4 N–H and O–H groups in total. The minimum atomic E-state index is 0.176. The Balaban J connectivity index is 2.82. The quantitative estimate of drug-likeness (QED) is 0.349. The molecule has 0 aromatic heterocycles. The zero-order valence-electron chi connectivity index (χ0n) is 4.55. The van der Waals surface area contributed by atoms with Crippen molar-refractivity contribution in [1.82, 2.24) is 5.32 Å². The normalized spacial score (nSPS) is 8.62. The van der Waals surface area contributed by atoms with Crippen LogP contribution in [0.2, 0.25) is 0 Å². The third kappa shape index (κ3) is 5.65. The number of hydrogen-bond donors (Lipinski definition) is 3. The summed E-state index contributed by atoms with van der Waals surface area (Å²) in [5.41, 5.74) is 5.07. The van der Waals surface area contributed by atoms with Crippen LogP contribution in [0.1, 0.15) is 6.42 Å². The van der Waals surface area contributed by atoms with Gasteiger partial charge in [0.15, 0.2) is 5.11 Å². The third-order valence-corrected chi connectivity index (χ3v) is 0.778. The standard InChI is InChI=1S/C4H10N2OS/c5-4(8)6-2-1-3-7/h7H,1-3H2,(H3,5,6,8). The van der Waals surface area contributed by atoms with Gasteiger partial charge in [0.05, 0.1) is 0 Å². The topological polar surface area (TPSA) is 58.3 Å². The van der Waals surface area contributed by atoms with E-state index in [9.17, 15) is 0 Å². The molecule has 4 heteroatoms. The van der Waals surface area contributed by atoms with Gasteiger partial charge in [0.2, 0.25) is 0 Å². The van der Waals surface area contributed by atoms with Gasteiger partial charge in [-0.15, -0.1) is 0 Å². The Morgan fingerprint density at radius 1 is 1.75 bits per heavy atom. The lowest BCUT2D eigenvalue weighted by Crippen LogP contribution is -2.30. The molecule has 0 aliphatic heterocycles. The van der Waals surface area contributed by atoms with E-state index >= 15 is 0 Å². The van der Waals surface area contributed by atoms with Crippen molar-refractivity contribution in [1.29, 1.82) is 0 Å². The van der Waals surface area contributed by atoms with Gasteiger partial charge in [-0.3, -0.25) is 0 Å². The molecule has 0 saturated carbocycles. The SMILES string of the molecule is NC(=S)NCCCO. The molecule has 3 nitrogen and oxygen atoms in total. The summed E-state index contributed by atoms with van der Waals surface area (Å²) in [6.45, 7) is 0.835. The van der Waals surface area contributed by atoms with Crippen molar-refractivity contribution < 1.29 is 5.11 Å². The molecule has 0 unspecified atom stereocenters. The monoisotopic (exact) mass is 134 g/mol. The van der Waals surface area contributed by atoms with Crippen LogP contribution in [0.4, 0.5) is 0 Å². The molecule has 48 valence electrons. The number of rotatable bonds is 3. The summed E-state index contributed by atoms with van der Waals surface area (Å²) in [6, 6.07) is 0. The van der Waals surface area contributed by atoms with Gasteiger partial charge in [-0.05, 0) is 18.6 Å². The van der Waals surface area contributed by atoms with E-state index in [1.54, 1.807) is 0 Å². The summed E-state index contributed by atoms with van der Waals surface area (Å²) in [7, 11) is 0. The first kappa shape index (κ1) is 7.65. The number of aliphatic hydroxyl groups is 1. The number of nitrogens with two attached hydrogens (primary N) is 1. The maximum atomic E-state index is 8.26. The molecular weight excluding hydrogens is 124 g/mol. The predicted octanol–water partition coefficient (Wildman–Crippen LogP) is -0.798. The first-order chi connectivity index (χ1) is 3.77. The second kappa shape index (κ2) is 4.80. The molecule has 0 bridgehead atoms. The van der Waals surface area contributed by atoms with Gasteiger partial charge in [0.1, 0.15) is 0 Å². The predicted molar refractivity (Wildman–Crippen MR) is 36.5 cm³/mol. The molecule has 0 fully saturated rings. The summed E-state index contributed by atoms with van der Waals surface area (Å²) in [5, 5.41) is 11.2. The smallest absolute Gasteiger partial charge is 0.163 e. The number of nitrogens with one attached hydrogen (secondary N) is 1. The second-order valence-electron chi connectivity index (χ2n) is 1.37. The Hall–Kier alpha value is -0.350. The highest BCUT2D eigenvalue weighted by atomic mass is 32.1. The van der Waals surface area contributed by atoms with Gasteiger partial charge in [-0.2, -0.15) is 0 Å². The molecule has 0 saturated heterocycles. The van der Waals surface area contributed by atoms with E-state index in [2.05, 4.69) is 17.5 Å². The molecule has 0 heterocycles. The molecule has 0 spiro atoms. The van der Waals surface area contributed by atoms with Gasteiger partial charge < -0.3 is 16.2 Å². The van der Waals surface area contributed by atoms with Gasteiger partial charge in [-0.1, -0.05) is 0 Å². The van der Waals surface area contributed by atoms with E-state index in [1.807, 2.05) is 0 Å². The van der Waals surface area contributed by atoms with Crippen LogP contribution in [0.5, 0.6) is 0 Å². The second-order valence-corrected chi connectivity index (χ2v) is 1.81. The van der Waals surface area contributed by atoms with E-state index in [0.29, 0.717) is 18.1 Å². The van der Waals surface area contributed by atoms with E-state index in [1.165, 1.54) is 0 Å². The summed E-state index contributed by atoms with van der Waals surface area (Å²) >= 11 is 4.49. The Kier molecular flexibility index (Phi) is 4.59. The van der Waals surface area contributed by atoms with E-state index in [4.69, 9.17) is 10.8 Å². The lowest BCUT2D eigenvalue weighted by atomic mass is 10.5. The fraction of sp³-hybridized carbons (Fsp3) is 0.750. The van der Waals surface area contributed by atoms with Gasteiger partial charge in [-0.25, -0.2) is 0 Å². The Labute approximate surface area is 53.9 Å². The van der Waals surface area contributed by atoms with Crippen LogP contribution in [0, 0.1) is 0 Å². The molecule has 0 aliphatic carbocycles. The van der Waals surface area contributed by atoms with Crippen molar-refractivity contribution >= 4 is 17.3 Å². The minimum absolute atomic E-state index is 0.176. The number of thiocarbonyl (C=S) groups is 1. The zero-order chi connectivity index (χ0) is 6.41. The van der Waals surface area contributed by atoms with Gasteiger partial charge >= 0.3 is 0 Å². The number of hydrogen-bond acceptors (Lipinski definition) is 2. The first-order valence-corrected chi connectivity index (χ1v) is 2.82. The van der Waals surface area contributed by atoms with Crippen LogP contribution in [0.3, 0.4) is 0 Å². The average molecular weight is 134 g/mol. The summed E-state index contributed by atoms with van der Waals surface area (Å²) in [4.78, 5) is 0. The van der Waals surface area contributed by atoms with Crippen LogP contribution in [-0.2, 0) is 0 Å². The van der Waals surface area contributed by atoms with E-state index in [-0.39, 0.29) is 6.61 Å². The minimum Gasteiger partial charge on any atom is -0.396 e. The first-order valence-electron chi connectivity index (χ1n) is 2.41.